The minimum Gasteiger partial charge on any atom is -0.379 e. The summed E-state index contributed by atoms with van der Waals surface area (Å²) >= 11 is 0. The number of carbonyl (C=O) groups is 1. The number of nitrogens with one attached hydrogen (secondary N) is 1. The van der Waals surface area contributed by atoms with E-state index in [1.807, 2.05) is 6.92 Å². The van der Waals surface area contributed by atoms with Gasteiger partial charge in [-0.2, -0.15) is 5.10 Å². The predicted molar refractivity (Wildman–Crippen MR) is 94.6 cm³/mol. The number of rotatable bonds is 5. The molecule has 1 aliphatic carbocycles. The Morgan fingerprint density at radius 3 is 2.80 bits per heavy atom. The monoisotopic (exact) mass is 348 g/mol. The zero-order valence-corrected chi connectivity index (χ0v) is 14.9. The second-order valence-electron chi connectivity index (χ2n) is 6.84. The van der Waals surface area contributed by atoms with Gasteiger partial charge in [0.05, 0.1) is 13.2 Å². The first-order chi connectivity index (χ1) is 12.2. The zero-order valence-electron chi connectivity index (χ0n) is 14.9. The van der Waals surface area contributed by atoms with Gasteiger partial charge in [0.25, 0.3) is 11.5 Å². The first-order valence-electron chi connectivity index (χ1n) is 9.37. The van der Waals surface area contributed by atoms with E-state index in [1.165, 1.54) is 36.1 Å². The van der Waals surface area contributed by atoms with Crippen molar-refractivity contribution in [2.45, 2.75) is 45.2 Å². The summed E-state index contributed by atoms with van der Waals surface area (Å²) in [5.74, 6) is 0.265. The normalized spacial score (nSPS) is 24.8. The summed E-state index contributed by atoms with van der Waals surface area (Å²) in [7, 11) is 0. The number of amides is 1. The van der Waals surface area contributed by atoms with Gasteiger partial charge in [-0.1, -0.05) is 12.8 Å². The van der Waals surface area contributed by atoms with E-state index in [9.17, 15) is 9.59 Å². The Bertz CT molecular complexity index is 639. The van der Waals surface area contributed by atoms with Gasteiger partial charge in [0.1, 0.15) is 5.69 Å². The lowest BCUT2D eigenvalue weighted by Crippen LogP contribution is -2.50. The van der Waals surface area contributed by atoms with E-state index in [1.54, 1.807) is 0 Å². The molecule has 1 amide bonds. The SMILES string of the molecule is CCn1nc(C(=O)NC[C@@H]2CCCC[C@@H]2N2CCOCC2)ccc1=O. The highest BCUT2D eigenvalue weighted by Gasteiger charge is 2.31. The molecule has 0 radical (unpaired) electrons. The molecule has 1 aliphatic heterocycles. The molecule has 7 heteroatoms. The molecule has 2 atom stereocenters. The van der Waals surface area contributed by atoms with E-state index in [0.717, 1.165) is 32.7 Å². The highest BCUT2D eigenvalue weighted by Crippen LogP contribution is 2.28. The first-order valence-corrected chi connectivity index (χ1v) is 9.37. The molecule has 25 heavy (non-hydrogen) atoms. The number of hydrogen-bond acceptors (Lipinski definition) is 5. The van der Waals surface area contributed by atoms with Gasteiger partial charge in [-0.15, -0.1) is 0 Å². The van der Waals surface area contributed by atoms with Gasteiger partial charge in [-0.25, -0.2) is 4.68 Å². The molecule has 2 heterocycles. The van der Waals surface area contributed by atoms with Gasteiger partial charge >= 0.3 is 0 Å². The Morgan fingerprint density at radius 1 is 1.28 bits per heavy atom. The number of aromatic nitrogens is 2. The highest BCUT2D eigenvalue weighted by atomic mass is 16.5. The molecule has 138 valence electrons. The largest absolute Gasteiger partial charge is 0.379 e. The molecule has 7 nitrogen and oxygen atoms in total. The third kappa shape index (κ3) is 4.46. The summed E-state index contributed by atoms with van der Waals surface area (Å²) in [5.41, 5.74) is 0.124. The van der Waals surface area contributed by atoms with Gasteiger partial charge in [-0.05, 0) is 31.7 Å². The van der Waals surface area contributed by atoms with Crippen molar-refractivity contribution in [3.63, 3.8) is 0 Å². The Morgan fingerprint density at radius 2 is 2.04 bits per heavy atom. The maximum absolute atomic E-state index is 12.4. The Kier molecular flexibility index (Phi) is 6.20. The second kappa shape index (κ2) is 8.58. The number of aryl methyl sites for hydroxylation is 1. The van der Waals surface area contributed by atoms with E-state index < -0.39 is 0 Å². The Labute approximate surface area is 148 Å². The Hall–Kier alpha value is -1.73. The lowest BCUT2D eigenvalue weighted by molar-refractivity contribution is -0.00702. The molecule has 0 unspecified atom stereocenters. The summed E-state index contributed by atoms with van der Waals surface area (Å²) in [4.78, 5) is 26.6. The molecular formula is C18H28N4O3. The van der Waals surface area contributed by atoms with Crippen LogP contribution in [0.4, 0.5) is 0 Å². The van der Waals surface area contributed by atoms with Crippen LogP contribution in [0.25, 0.3) is 0 Å². The summed E-state index contributed by atoms with van der Waals surface area (Å²) in [5, 5.41) is 7.16. The smallest absolute Gasteiger partial charge is 0.271 e. The average Bonchev–Trinajstić information content (AvgIpc) is 2.67. The van der Waals surface area contributed by atoms with Crippen molar-refractivity contribution < 1.29 is 9.53 Å². The van der Waals surface area contributed by atoms with Crippen LogP contribution in [0.5, 0.6) is 0 Å². The van der Waals surface area contributed by atoms with E-state index in [-0.39, 0.29) is 11.5 Å². The molecule has 3 rings (SSSR count). The maximum atomic E-state index is 12.4. The molecule has 2 fully saturated rings. The molecule has 0 aromatic carbocycles. The maximum Gasteiger partial charge on any atom is 0.271 e. The van der Waals surface area contributed by atoms with Crippen LogP contribution in [0, 0.1) is 5.92 Å². The van der Waals surface area contributed by atoms with Crippen LogP contribution in [-0.2, 0) is 11.3 Å². The fourth-order valence-corrected chi connectivity index (χ4v) is 3.93. The van der Waals surface area contributed by atoms with Gasteiger partial charge in [0, 0.05) is 38.3 Å². The van der Waals surface area contributed by atoms with Crippen molar-refractivity contribution in [3.05, 3.63) is 28.2 Å². The third-order valence-electron chi connectivity index (χ3n) is 5.31. The number of nitrogens with zero attached hydrogens (tertiary/aromatic N) is 3. The van der Waals surface area contributed by atoms with E-state index in [2.05, 4.69) is 15.3 Å². The molecule has 2 aliphatic rings. The first kappa shape index (κ1) is 18.1. The third-order valence-corrected chi connectivity index (χ3v) is 5.31. The van der Waals surface area contributed by atoms with Crippen molar-refractivity contribution in [1.29, 1.82) is 0 Å². The lowest BCUT2D eigenvalue weighted by Gasteiger charge is -2.41. The van der Waals surface area contributed by atoms with E-state index >= 15 is 0 Å². The number of morpholine rings is 1. The summed E-state index contributed by atoms with van der Waals surface area (Å²) in [6.45, 7) is 6.53. The van der Waals surface area contributed by atoms with E-state index in [0.29, 0.717) is 30.7 Å². The van der Waals surface area contributed by atoms with Crippen LogP contribution in [-0.4, -0.2) is 59.5 Å². The quantitative estimate of drug-likeness (QED) is 0.855. The molecule has 1 saturated carbocycles. The van der Waals surface area contributed by atoms with Gasteiger partial charge in [0.15, 0.2) is 0 Å². The lowest BCUT2D eigenvalue weighted by atomic mass is 9.83. The van der Waals surface area contributed by atoms with Crippen LogP contribution < -0.4 is 10.9 Å². The molecule has 1 N–H and O–H groups in total. The number of carbonyl (C=O) groups excluding carboxylic acids is 1. The fraction of sp³-hybridized carbons (Fsp3) is 0.722. The molecular weight excluding hydrogens is 320 g/mol. The summed E-state index contributed by atoms with van der Waals surface area (Å²) < 4.78 is 6.78. The topological polar surface area (TPSA) is 76.5 Å². The van der Waals surface area contributed by atoms with Crippen LogP contribution in [0.1, 0.15) is 43.1 Å². The van der Waals surface area contributed by atoms with Crippen molar-refractivity contribution >= 4 is 5.91 Å². The summed E-state index contributed by atoms with van der Waals surface area (Å²) in [6, 6.07) is 3.43. The van der Waals surface area contributed by atoms with Crippen LogP contribution >= 0.6 is 0 Å². The van der Waals surface area contributed by atoms with Crippen molar-refractivity contribution in [3.8, 4) is 0 Å². The van der Waals surface area contributed by atoms with Gasteiger partial charge in [-0.3, -0.25) is 14.5 Å². The van der Waals surface area contributed by atoms with Crippen LogP contribution in [0.15, 0.2) is 16.9 Å². The number of ether oxygens (including phenoxy) is 1. The minimum absolute atomic E-state index is 0.182. The molecule has 0 bridgehead atoms. The van der Waals surface area contributed by atoms with Crippen molar-refractivity contribution in [2.24, 2.45) is 5.92 Å². The minimum atomic E-state index is -0.200. The van der Waals surface area contributed by atoms with Gasteiger partial charge < -0.3 is 10.1 Å². The average molecular weight is 348 g/mol. The number of hydrogen-bond donors (Lipinski definition) is 1. The molecule has 1 aromatic rings. The van der Waals surface area contributed by atoms with Crippen molar-refractivity contribution in [1.82, 2.24) is 20.0 Å². The van der Waals surface area contributed by atoms with Crippen LogP contribution in [0.3, 0.4) is 0 Å². The molecule has 0 spiro atoms. The molecule has 1 saturated heterocycles. The van der Waals surface area contributed by atoms with Crippen molar-refractivity contribution in [2.75, 3.05) is 32.8 Å². The van der Waals surface area contributed by atoms with E-state index in [4.69, 9.17) is 4.74 Å². The van der Waals surface area contributed by atoms with Crippen LogP contribution in [0.2, 0.25) is 0 Å². The Balaban J connectivity index is 1.60. The second-order valence-corrected chi connectivity index (χ2v) is 6.84. The highest BCUT2D eigenvalue weighted by molar-refractivity contribution is 5.91. The predicted octanol–water partition coefficient (Wildman–Crippen LogP) is 0.884. The zero-order chi connectivity index (χ0) is 17.6. The standard InChI is InChI=1S/C18H28N4O3/c1-2-22-17(23)8-7-15(20-22)18(24)19-13-14-5-3-4-6-16(14)21-9-11-25-12-10-21/h7-8,14,16H,2-6,9-13H2,1H3,(H,19,24)/t14-,16-/m0/s1. The molecule has 1 aromatic heterocycles. The van der Waals surface area contributed by atoms with Gasteiger partial charge in [0.2, 0.25) is 0 Å². The summed E-state index contributed by atoms with van der Waals surface area (Å²) in [6.07, 6.45) is 4.82. The fourth-order valence-electron chi connectivity index (χ4n) is 3.93.